The Morgan fingerprint density at radius 2 is 1.88 bits per heavy atom. The second kappa shape index (κ2) is 6.97. The molecule has 1 aliphatic heterocycles. The Morgan fingerprint density at radius 3 is 2.53 bits per heavy atom. The van der Waals surface area contributed by atoms with E-state index in [-0.39, 0.29) is 27.7 Å². The molecule has 0 bridgehead atoms. The lowest BCUT2D eigenvalue weighted by molar-refractivity contribution is -0.131. The van der Waals surface area contributed by atoms with Gasteiger partial charge in [-0.25, -0.2) is 0 Å². The molecule has 34 heavy (non-hydrogen) atoms. The van der Waals surface area contributed by atoms with E-state index in [1.54, 1.807) is 24.3 Å². The average molecular weight is 485 g/mol. The molecule has 3 aliphatic carbocycles. The third-order valence-electron chi connectivity index (χ3n) is 8.53. The number of hydrogen-bond donors (Lipinski definition) is 1. The molecule has 5 atom stereocenters. The molecule has 1 aromatic rings. The number of hydrogen-bond acceptors (Lipinski definition) is 7. The highest BCUT2D eigenvalue weighted by Gasteiger charge is 2.87. The Kier molecular flexibility index (Phi) is 4.84. The molecule has 2 fully saturated rings. The Bertz CT molecular complexity index is 1150. The molecule has 8 heteroatoms. The highest BCUT2D eigenvalue weighted by molar-refractivity contribution is 6.74. The lowest BCUT2D eigenvalue weighted by Gasteiger charge is -2.51. The van der Waals surface area contributed by atoms with E-state index < -0.39 is 48.9 Å². The van der Waals surface area contributed by atoms with Gasteiger partial charge >= 0.3 is 5.97 Å². The summed E-state index contributed by atoms with van der Waals surface area (Å²) in [5, 5.41) is 11.7. The van der Waals surface area contributed by atoms with Gasteiger partial charge in [0.2, 0.25) is 5.78 Å². The molecule has 0 spiro atoms. The van der Waals surface area contributed by atoms with Gasteiger partial charge in [-0.15, -0.1) is 0 Å². The van der Waals surface area contributed by atoms with Crippen molar-refractivity contribution >= 4 is 25.9 Å². The first-order chi connectivity index (χ1) is 15.7. The van der Waals surface area contributed by atoms with Gasteiger partial charge in [0.25, 0.3) is 0 Å². The van der Waals surface area contributed by atoms with Crippen molar-refractivity contribution in [2.75, 3.05) is 0 Å². The number of esters is 1. The maximum Gasteiger partial charge on any atom is 0.308 e. The highest BCUT2D eigenvalue weighted by Crippen LogP contribution is 2.68. The summed E-state index contributed by atoms with van der Waals surface area (Å²) in [6.45, 7) is 12.0. The van der Waals surface area contributed by atoms with Crippen LogP contribution in [-0.4, -0.2) is 53.9 Å². The number of epoxide rings is 1. The first-order valence-electron chi connectivity index (χ1n) is 11.9. The minimum atomic E-state index is -2.26. The number of rotatable bonds is 3. The second-order valence-electron chi connectivity index (χ2n) is 11.6. The normalized spacial score (nSPS) is 36.2. The number of ketones is 2. The quantitative estimate of drug-likeness (QED) is 0.227. The Labute approximate surface area is 200 Å². The number of ether oxygens (including phenoxy) is 2. The SMILES string of the molecule is CC(=O)Oc1cccc2c1C(=O)[C@]13C=C[C@]4(O)CCC[C@@H](O[Si](C)(C)C(C)(C)C)[C@@H]4[C@]1(O3)C2=O. The molecule has 4 aliphatic rings. The van der Waals surface area contributed by atoms with Gasteiger partial charge in [-0.05, 0) is 49.5 Å². The molecule has 0 radical (unpaired) electrons. The van der Waals surface area contributed by atoms with Crippen LogP contribution in [0.3, 0.4) is 0 Å². The van der Waals surface area contributed by atoms with Crippen LogP contribution in [0.15, 0.2) is 30.4 Å². The average Bonchev–Trinajstić information content (AvgIpc) is 3.42. The monoisotopic (exact) mass is 484 g/mol. The van der Waals surface area contributed by atoms with E-state index in [1.165, 1.54) is 13.0 Å². The predicted octanol–water partition coefficient (Wildman–Crippen LogP) is 3.99. The zero-order valence-corrected chi connectivity index (χ0v) is 21.6. The summed E-state index contributed by atoms with van der Waals surface area (Å²) in [6, 6.07) is 4.65. The Balaban J connectivity index is 1.65. The van der Waals surface area contributed by atoms with Crippen molar-refractivity contribution in [2.24, 2.45) is 5.92 Å². The standard InChI is InChI=1S/C26H32O7Si/c1-15(27)31-17-10-7-9-16-19(17)22(29)25-14-13-24(30)12-8-11-18(32-34(5,6)23(2,3)4)20(24)26(25,33-25)21(16)28/h7,9-10,13-14,18,20,30H,8,11-12H2,1-6H3/t18-,20+,24-,25-,26+/m1/s1. The van der Waals surface area contributed by atoms with Crippen LogP contribution in [0.25, 0.3) is 0 Å². The van der Waals surface area contributed by atoms with Gasteiger partial charge in [0.1, 0.15) is 5.75 Å². The summed E-state index contributed by atoms with van der Waals surface area (Å²) in [5.41, 5.74) is -4.14. The van der Waals surface area contributed by atoms with Crippen molar-refractivity contribution in [3.05, 3.63) is 41.5 Å². The van der Waals surface area contributed by atoms with Crippen molar-refractivity contribution in [1.82, 2.24) is 0 Å². The van der Waals surface area contributed by atoms with Crippen LogP contribution in [0.2, 0.25) is 18.1 Å². The zero-order valence-electron chi connectivity index (χ0n) is 20.6. The van der Waals surface area contributed by atoms with Gasteiger partial charge in [0, 0.05) is 12.5 Å². The highest BCUT2D eigenvalue weighted by atomic mass is 28.4. The molecule has 0 aromatic heterocycles. The van der Waals surface area contributed by atoms with Crippen molar-refractivity contribution in [3.8, 4) is 5.75 Å². The van der Waals surface area contributed by atoms with E-state index in [2.05, 4.69) is 33.9 Å². The van der Waals surface area contributed by atoms with Gasteiger partial charge in [-0.2, -0.15) is 0 Å². The third-order valence-corrected chi connectivity index (χ3v) is 13.0. The molecular weight excluding hydrogens is 452 g/mol. The summed E-state index contributed by atoms with van der Waals surface area (Å²) >= 11 is 0. The van der Waals surface area contributed by atoms with E-state index >= 15 is 0 Å². The summed E-state index contributed by atoms with van der Waals surface area (Å²) in [4.78, 5) is 39.6. The summed E-state index contributed by atoms with van der Waals surface area (Å²) in [7, 11) is -2.26. The Morgan fingerprint density at radius 1 is 1.18 bits per heavy atom. The lowest BCUT2D eigenvalue weighted by atomic mass is 9.56. The third kappa shape index (κ3) is 2.89. The van der Waals surface area contributed by atoms with E-state index in [0.717, 1.165) is 6.42 Å². The van der Waals surface area contributed by atoms with E-state index in [1.807, 2.05) is 0 Å². The van der Waals surface area contributed by atoms with Crippen molar-refractivity contribution in [3.63, 3.8) is 0 Å². The van der Waals surface area contributed by atoms with E-state index in [4.69, 9.17) is 13.9 Å². The van der Waals surface area contributed by atoms with Gasteiger partial charge in [0.15, 0.2) is 25.3 Å². The summed E-state index contributed by atoms with van der Waals surface area (Å²) in [5.74, 6) is -2.03. The molecular formula is C26H32O7Si. The molecule has 0 amide bonds. The van der Waals surface area contributed by atoms with Gasteiger partial charge in [0.05, 0.1) is 23.2 Å². The topological polar surface area (TPSA) is 102 Å². The first kappa shape index (κ1) is 23.6. The number of carbonyl (C=O) groups is 3. The Hall–Kier alpha value is -2.13. The molecule has 1 saturated carbocycles. The maximum atomic E-state index is 14.1. The van der Waals surface area contributed by atoms with Crippen LogP contribution in [-0.2, 0) is 14.0 Å². The molecule has 5 rings (SSSR count). The van der Waals surface area contributed by atoms with Crippen LogP contribution >= 0.6 is 0 Å². The van der Waals surface area contributed by atoms with Crippen molar-refractivity contribution in [2.45, 2.75) is 88.0 Å². The smallest absolute Gasteiger partial charge is 0.308 e. The minimum absolute atomic E-state index is 0.0498. The fourth-order valence-electron chi connectivity index (χ4n) is 5.88. The van der Waals surface area contributed by atoms with Crippen molar-refractivity contribution in [1.29, 1.82) is 0 Å². The molecule has 1 saturated heterocycles. The van der Waals surface area contributed by atoms with Crippen molar-refractivity contribution < 1.29 is 33.4 Å². The zero-order chi connectivity index (χ0) is 24.9. The first-order valence-corrected chi connectivity index (χ1v) is 14.8. The summed E-state index contributed by atoms with van der Waals surface area (Å²) < 4.78 is 18.3. The maximum absolute atomic E-state index is 14.1. The van der Waals surface area contributed by atoms with Gasteiger partial charge in [-0.3, -0.25) is 14.4 Å². The number of Topliss-reactive ketones (excluding diaryl/α,β-unsaturated/α-hetero) is 2. The molecule has 0 unspecified atom stereocenters. The van der Waals surface area contributed by atoms with Crippen LogP contribution in [0, 0.1) is 5.92 Å². The molecule has 182 valence electrons. The lowest BCUT2D eigenvalue weighted by Crippen LogP contribution is -2.65. The number of carbonyl (C=O) groups excluding carboxylic acids is 3. The molecule has 1 aromatic carbocycles. The minimum Gasteiger partial charge on any atom is -0.426 e. The number of benzene rings is 1. The molecule has 1 N–H and O–H groups in total. The number of fused-ring (bicyclic) bond motifs is 2. The molecule has 1 heterocycles. The predicted molar refractivity (Wildman–Crippen MR) is 126 cm³/mol. The molecule has 7 nitrogen and oxygen atoms in total. The van der Waals surface area contributed by atoms with Gasteiger partial charge in [-0.1, -0.05) is 39.0 Å². The van der Waals surface area contributed by atoms with Crippen LogP contribution in [0.5, 0.6) is 5.75 Å². The van der Waals surface area contributed by atoms with Crippen LogP contribution in [0.1, 0.15) is 67.7 Å². The second-order valence-corrected chi connectivity index (χ2v) is 16.4. The van der Waals surface area contributed by atoms with Crippen LogP contribution < -0.4 is 4.74 Å². The number of aliphatic hydroxyl groups is 1. The summed E-state index contributed by atoms with van der Waals surface area (Å²) in [6.07, 6.45) is 4.64. The largest absolute Gasteiger partial charge is 0.426 e. The fraction of sp³-hybridized carbons (Fsp3) is 0.577. The van der Waals surface area contributed by atoms with E-state index in [0.29, 0.717) is 12.8 Å². The van der Waals surface area contributed by atoms with E-state index in [9.17, 15) is 19.5 Å². The fourth-order valence-corrected chi connectivity index (χ4v) is 7.25. The van der Waals surface area contributed by atoms with Gasteiger partial charge < -0.3 is 19.0 Å². The van der Waals surface area contributed by atoms with Crippen LogP contribution in [0.4, 0.5) is 0 Å².